The molecule has 4 heteroatoms. The summed E-state index contributed by atoms with van der Waals surface area (Å²) in [6.07, 6.45) is 12.0. The first-order valence-electron chi connectivity index (χ1n) is 9.59. The minimum Gasteiger partial charge on any atom is -0.466 e. The van der Waals surface area contributed by atoms with Crippen molar-refractivity contribution in [1.82, 2.24) is 0 Å². The number of methoxy groups -OCH3 is 2. The zero-order valence-corrected chi connectivity index (χ0v) is 17.2. The summed E-state index contributed by atoms with van der Waals surface area (Å²) in [5, 5.41) is 0. The van der Waals surface area contributed by atoms with E-state index in [-0.39, 0.29) is 17.2 Å². The number of hydrogen-bond acceptors (Lipinski definition) is 4. The Hall–Kier alpha value is -1.39. The predicted molar refractivity (Wildman–Crippen MR) is 104 cm³/mol. The van der Waals surface area contributed by atoms with Crippen LogP contribution in [0.25, 0.3) is 0 Å². The maximum atomic E-state index is 12.2. The largest absolute Gasteiger partial charge is 0.466 e. The molecule has 0 bridgehead atoms. The van der Waals surface area contributed by atoms with E-state index < -0.39 is 0 Å². The summed E-state index contributed by atoms with van der Waals surface area (Å²) >= 11 is 0. The smallest absolute Gasteiger partial charge is 0.333 e. The molecule has 0 N–H and O–H groups in total. The minimum absolute atomic E-state index is 0.0405. The Morgan fingerprint density at radius 1 is 1.23 bits per heavy atom. The number of ether oxygens (including phenoxy) is 3. The summed E-state index contributed by atoms with van der Waals surface area (Å²) in [6, 6.07) is 0. The quantitative estimate of drug-likeness (QED) is 0.529. The third-order valence-electron chi connectivity index (χ3n) is 5.83. The molecule has 1 saturated heterocycles. The number of carbonyl (C=O) groups is 1. The van der Waals surface area contributed by atoms with Crippen molar-refractivity contribution in [2.24, 2.45) is 0 Å². The average Bonchev–Trinajstić information content (AvgIpc) is 3.26. The lowest BCUT2D eigenvalue weighted by Gasteiger charge is -2.27. The van der Waals surface area contributed by atoms with Crippen LogP contribution >= 0.6 is 0 Å². The molecule has 26 heavy (non-hydrogen) atoms. The van der Waals surface area contributed by atoms with Crippen LogP contribution in [0.2, 0.25) is 0 Å². The highest BCUT2D eigenvalue weighted by Crippen LogP contribution is 2.43. The molecule has 0 radical (unpaired) electrons. The van der Waals surface area contributed by atoms with Crippen LogP contribution in [0.4, 0.5) is 0 Å². The maximum absolute atomic E-state index is 12.2. The molecule has 2 aliphatic rings. The van der Waals surface area contributed by atoms with Crippen LogP contribution in [0.1, 0.15) is 66.2 Å². The number of allylic oxidation sites excluding steroid dienone is 4. The monoisotopic (exact) mass is 362 g/mol. The SMILES string of the molecule is COC(=O)/C1=C/CC[C@]2(C)O[C@H]2CC/C(C)=C\C=C(\C(C)(C)OC)CC1. The summed E-state index contributed by atoms with van der Waals surface area (Å²) in [7, 11) is 3.17. The molecular formula is C22H34O4. The summed E-state index contributed by atoms with van der Waals surface area (Å²) in [4.78, 5) is 12.2. The normalized spacial score (nSPS) is 34.1. The first-order chi connectivity index (χ1) is 12.2. The van der Waals surface area contributed by atoms with Crippen LogP contribution in [0.3, 0.4) is 0 Å². The zero-order chi connectivity index (χ0) is 19.4. The van der Waals surface area contributed by atoms with E-state index in [9.17, 15) is 4.79 Å². The van der Waals surface area contributed by atoms with Gasteiger partial charge in [-0.25, -0.2) is 4.79 Å². The van der Waals surface area contributed by atoms with E-state index >= 15 is 0 Å². The van der Waals surface area contributed by atoms with Gasteiger partial charge < -0.3 is 14.2 Å². The molecule has 0 spiro atoms. The van der Waals surface area contributed by atoms with Crippen molar-refractivity contribution >= 4 is 5.97 Å². The Morgan fingerprint density at radius 3 is 2.62 bits per heavy atom. The molecule has 0 amide bonds. The van der Waals surface area contributed by atoms with Gasteiger partial charge in [-0.15, -0.1) is 0 Å². The highest BCUT2D eigenvalue weighted by atomic mass is 16.6. The van der Waals surface area contributed by atoms with Crippen LogP contribution in [0.5, 0.6) is 0 Å². The summed E-state index contributed by atoms with van der Waals surface area (Å²) in [6.45, 7) is 8.47. The lowest BCUT2D eigenvalue weighted by molar-refractivity contribution is -0.136. The van der Waals surface area contributed by atoms with Crippen molar-refractivity contribution in [1.29, 1.82) is 0 Å². The van der Waals surface area contributed by atoms with Crippen LogP contribution in [-0.4, -0.2) is 37.5 Å². The van der Waals surface area contributed by atoms with Crippen molar-refractivity contribution in [2.45, 2.75) is 83.5 Å². The maximum Gasteiger partial charge on any atom is 0.333 e. The fourth-order valence-electron chi connectivity index (χ4n) is 3.50. The van der Waals surface area contributed by atoms with E-state index in [2.05, 4.69) is 39.8 Å². The van der Waals surface area contributed by atoms with Crippen LogP contribution < -0.4 is 0 Å². The van der Waals surface area contributed by atoms with Crippen molar-refractivity contribution in [2.75, 3.05) is 14.2 Å². The van der Waals surface area contributed by atoms with Crippen LogP contribution in [-0.2, 0) is 19.0 Å². The molecule has 2 rings (SSSR count). The Bertz CT molecular complexity index is 612. The summed E-state index contributed by atoms with van der Waals surface area (Å²) in [5.41, 5.74) is 2.85. The number of hydrogen-bond donors (Lipinski definition) is 0. The van der Waals surface area contributed by atoms with Gasteiger partial charge in [0.05, 0.1) is 24.4 Å². The number of esters is 1. The van der Waals surface area contributed by atoms with Gasteiger partial charge in [0, 0.05) is 12.7 Å². The van der Waals surface area contributed by atoms with Gasteiger partial charge in [-0.05, 0) is 71.8 Å². The highest BCUT2D eigenvalue weighted by molar-refractivity contribution is 5.88. The molecule has 1 aliphatic heterocycles. The van der Waals surface area contributed by atoms with Crippen molar-refractivity contribution < 1.29 is 19.0 Å². The van der Waals surface area contributed by atoms with Crippen molar-refractivity contribution in [3.63, 3.8) is 0 Å². The van der Waals surface area contributed by atoms with Gasteiger partial charge in [-0.1, -0.05) is 23.8 Å². The second kappa shape index (κ2) is 8.53. The van der Waals surface area contributed by atoms with Gasteiger partial charge in [0.15, 0.2) is 0 Å². The minimum atomic E-state index is -0.368. The van der Waals surface area contributed by atoms with Crippen LogP contribution in [0, 0.1) is 0 Å². The van der Waals surface area contributed by atoms with Gasteiger partial charge in [0.25, 0.3) is 0 Å². The lowest BCUT2D eigenvalue weighted by Crippen LogP contribution is -2.25. The first-order valence-corrected chi connectivity index (χ1v) is 9.59. The standard InChI is InChI=1S/C22H34O4/c1-16-9-12-18(21(2,3)25-6)13-11-17(20(23)24-5)8-7-15-22(4)19(26-22)14-10-16/h8-9,12,19H,7,10-11,13-15H2,1-6H3/b16-9-,17-8+,18-12+/t19-,22-/m0/s1. The number of carbonyl (C=O) groups excluding carboxylic acids is 1. The molecule has 1 heterocycles. The molecule has 146 valence electrons. The predicted octanol–water partition coefficient (Wildman–Crippen LogP) is 4.90. The molecule has 0 unspecified atom stereocenters. The number of rotatable bonds is 3. The average molecular weight is 363 g/mol. The molecular weight excluding hydrogens is 328 g/mol. The molecule has 0 saturated carbocycles. The molecule has 0 aromatic rings. The molecule has 0 aromatic heterocycles. The molecule has 4 nitrogen and oxygen atoms in total. The Balaban J connectivity index is 2.28. The fourth-order valence-corrected chi connectivity index (χ4v) is 3.50. The van der Waals surface area contributed by atoms with Crippen molar-refractivity contribution in [3.05, 3.63) is 34.9 Å². The zero-order valence-electron chi connectivity index (χ0n) is 17.2. The molecule has 1 aliphatic carbocycles. The van der Waals surface area contributed by atoms with Gasteiger partial charge in [0.2, 0.25) is 0 Å². The third-order valence-corrected chi connectivity index (χ3v) is 5.83. The fraction of sp³-hybridized carbons (Fsp3) is 0.682. The van der Waals surface area contributed by atoms with Gasteiger partial charge in [0.1, 0.15) is 0 Å². The number of epoxide rings is 1. The first kappa shape index (κ1) is 20.9. The summed E-state index contributed by atoms with van der Waals surface area (Å²) < 4.78 is 16.6. The molecule has 2 atom stereocenters. The Morgan fingerprint density at radius 2 is 1.96 bits per heavy atom. The second-order valence-corrected chi connectivity index (χ2v) is 8.14. The summed E-state index contributed by atoms with van der Waals surface area (Å²) in [5.74, 6) is -0.239. The van der Waals surface area contributed by atoms with E-state index in [4.69, 9.17) is 14.2 Å². The molecule has 0 aromatic carbocycles. The van der Waals surface area contributed by atoms with Crippen LogP contribution in [0.15, 0.2) is 34.9 Å². The Labute approximate surface area is 158 Å². The third kappa shape index (κ3) is 5.31. The highest BCUT2D eigenvalue weighted by Gasteiger charge is 2.50. The second-order valence-electron chi connectivity index (χ2n) is 8.14. The van der Waals surface area contributed by atoms with E-state index in [1.54, 1.807) is 7.11 Å². The van der Waals surface area contributed by atoms with Gasteiger partial charge in [-0.3, -0.25) is 0 Å². The van der Waals surface area contributed by atoms with Gasteiger partial charge in [-0.2, -0.15) is 0 Å². The van der Waals surface area contributed by atoms with E-state index in [1.165, 1.54) is 18.3 Å². The number of fused-ring (bicyclic) bond motifs is 1. The molecule has 1 fully saturated rings. The Kier molecular flexibility index (Phi) is 6.86. The van der Waals surface area contributed by atoms with E-state index in [0.29, 0.717) is 12.5 Å². The van der Waals surface area contributed by atoms with Gasteiger partial charge >= 0.3 is 5.97 Å². The lowest BCUT2D eigenvalue weighted by atomic mass is 9.89. The topological polar surface area (TPSA) is 48.1 Å². The van der Waals surface area contributed by atoms with E-state index in [1.807, 2.05) is 6.08 Å². The van der Waals surface area contributed by atoms with E-state index in [0.717, 1.165) is 37.7 Å². The van der Waals surface area contributed by atoms with Crippen molar-refractivity contribution in [3.8, 4) is 0 Å².